The molecule has 122 valence electrons. The summed E-state index contributed by atoms with van der Waals surface area (Å²) in [6, 6.07) is 3.36. The molecule has 1 saturated carbocycles. The first-order valence-electron chi connectivity index (χ1n) is 7.68. The predicted octanol–water partition coefficient (Wildman–Crippen LogP) is 2.23. The van der Waals surface area contributed by atoms with Gasteiger partial charge in [-0.3, -0.25) is 14.9 Å². The van der Waals surface area contributed by atoms with Gasteiger partial charge in [-0.25, -0.2) is 4.79 Å². The number of aryl methyl sites for hydroxylation is 1. The molecule has 1 amide bonds. The number of rotatable bonds is 3. The van der Waals surface area contributed by atoms with Crippen molar-refractivity contribution in [2.75, 3.05) is 6.54 Å². The molecule has 3 unspecified atom stereocenters. The second-order valence-corrected chi connectivity index (χ2v) is 6.41. The fourth-order valence-corrected chi connectivity index (χ4v) is 3.99. The summed E-state index contributed by atoms with van der Waals surface area (Å²) in [7, 11) is 0. The normalized spacial score (nSPS) is 26.1. The Balaban J connectivity index is 1.93. The molecule has 23 heavy (non-hydrogen) atoms. The van der Waals surface area contributed by atoms with E-state index in [1.54, 1.807) is 13.0 Å². The smallest absolute Gasteiger partial charge is 0.326 e. The number of carbonyl (C=O) groups excluding carboxylic acids is 1. The zero-order chi connectivity index (χ0) is 16.7. The number of nitro groups is 1. The van der Waals surface area contributed by atoms with E-state index in [4.69, 9.17) is 0 Å². The molecule has 1 aliphatic carbocycles. The van der Waals surface area contributed by atoms with E-state index in [9.17, 15) is 24.8 Å². The van der Waals surface area contributed by atoms with Crippen molar-refractivity contribution in [1.29, 1.82) is 0 Å². The van der Waals surface area contributed by atoms with Crippen LogP contribution in [0.15, 0.2) is 18.2 Å². The Morgan fingerprint density at radius 2 is 2.04 bits per heavy atom. The van der Waals surface area contributed by atoms with Gasteiger partial charge in [-0.15, -0.1) is 0 Å². The van der Waals surface area contributed by atoms with Gasteiger partial charge >= 0.3 is 5.97 Å². The van der Waals surface area contributed by atoms with Crippen LogP contribution < -0.4 is 0 Å². The van der Waals surface area contributed by atoms with Gasteiger partial charge in [-0.1, -0.05) is 6.42 Å². The topological polar surface area (TPSA) is 101 Å². The van der Waals surface area contributed by atoms with E-state index in [0.717, 1.165) is 19.3 Å². The van der Waals surface area contributed by atoms with Crippen LogP contribution in [0.1, 0.15) is 35.2 Å². The molecule has 1 aromatic carbocycles. The summed E-state index contributed by atoms with van der Waals surface area (Å²) in [6.45, 7) is 2.10. The number of carboxylic acid groups (broad SMARTS) is 1. The van der Waals surface area contributed by atoms with Crippen molar-refractivity contribution in [3.8, 4) is 0 Å². The average molecular weight is 318 g/mol. The summed E-state index contributed by atoms with van der Waals surface area (Å²) in [6.07, 6.45) is 2.75. The van der Waals surface area contributed by atoms with E-state index in [-0.39, 0.29) is 23.1 Å². The maximum atomic E-state index is 12.8. The Bertz CT molecular complexity index is 687. The number of amides is 1. The first-order chi connectivity index (χ1) is 10.9. The van der Waals surface area contributed by atoms with Crippen LogP contribution in [0, 0.1) is 28.9 Å². The highest BCUT2D eigenvalue weighted by molar-refractivity contribution is 5.97. The molecule has 0 radical (unpaired) electrons. The molecular weight excluding hydrogens is 300 g/mol. The van der Waals surface area contributed by atoms with Crippen molar-refractivity contribution in [3.63, 3.8) is 0 Å². The number of carboxylic acids is 1. The molecule has 1 N–H and O–H groups in total. The Hall–Kier alpha value is -2.44. The highest BCUT2D eigenvalue weighted by atomic mass is 16.6. The third-order valence-corrected chi connectivity index (χ3v) is 4.92. The highest BCUT2D eigenvalue weighted by Gasteiger charge is 2.49. The van der Waals surface area contributed by atoms with Gasteiger partial charge in [-0.2, -0.15) is 0 Å². The summed E-state index contributed by atoms with van der Waals surface area (Å²) >= 11 is 0. The number of nitro benzene ring substituents is 1. The third kappa shape index (κ3) is 2.67. The number of likely N-dealkylation sites (tertiary alicyclic amines) is 1. The van der Waals surface area contributed by atoms with Crippen molar-refractivity contribution >= 4 is 17.6 Å². The van der Waals surface area contributed by atoms with Gasteiger partial charge in [-0.05, 0) is 43.2 Å². The first-order valence-corrected chi connectivity index (χ1v) is 7.68. The van der Waals surface area contributed by atoms with Gasteiger partial charge in [0.05, 0.1) is 4.92 Å². The predicted molar refractivity (Wildman–Crippen MR) is 81.1 cm³/mol. The molecule has 2 fully saturated rings. The average Bonchev–Trinajstić information content (AvgIpc) is 3.05. The van der Waals surface area contributed by atoms with Crippen LogP contribution >= 0.6 is 0 Å². The number of nitrogens with zero attached hydrogens (tertiary/aromatic N) is 2. The van der Waals surface area contributed by atoms with Gasteiger partial charge in [0.1, 0.15) is 6.04 Å². The van der Waals surface area contributed by atoms with E-state index in [1.807, 2.05) is 0 Å². The summed E-state index contributed by atoms with van der Waals surface area (Å²) < 4.78 is 0. The standard InChI is InChI=1S/C16H18N2O5/c1-9-5-11(7-12(6-9)18(22)23)15(19)17-8-10-3-2-4-13(10)14(17)16(20)21/h5-7,10,13-14H,2-4,8H2,1H3,(H,20,21). The van der Waals surface area contributed by atoms with Crippen LogP contribution in [0.4, 0.5) is 5.69 Å². The Labute approximate surface area is 133 Å². The van der Waals surface area contributed by atoms with Crippen molar-refractivity contribution in [2.24, 2.45) is 11.8 Å². The molecule has 3 atom stereocenters. The Morgan fingerprint density at radius 3 is 2.70 bits per heavy atom. The summed E-state index contributed by atoms with van der Waals surface area (Å²) in [4.78, 5) is 36.2. The first kappa shape index (κ1) is 15.5. The van der Waals surface area contributed by atoms with E-state index in [1.165, 1.54) is 17.0 Å². The van der Waals surface area contributed by atoms with E-state index < -0.39 is 22.8 Å². The largest absolute Gasteiger partial charge is 0.480 e. The van der Waals surface area contributed by atoms with Crippen molar-refractivity contribution < 1.29 is 19.6 Å². The molecule has 0 aromatic heterocycles. The minimum Gasteiger partial charge on any atom is -0.480 e. The van der Waals surface area contributed by atoms with Crippen LogP contribution in [0.3, 0.4) is 0 Å². The van der Waals surface area contributed by atoms with Crippen LogP contribution in [0.2, 0.25) is 0 Å². The van der Waals surface area contributed by atoms with Crippen LogP contribution in [-0.2, 0) is 4.79 Å². The minimum atomic E-state index is -0.991. The molecule has 1 saturated heterocycles. The summed E-state index contributed by atoms with van der Waals surface area (Å²) in [5.74, 6) is -1.20. The third-order valence-electron chi connectivity index (χ3n) is 4.92. The lowest BCUT2D eigenvalue weighted by Crippen LogP contribution is -2.43. The molecule has 0 bridgehead atoms. The second-order valence-electron chi connectivity index (χ2n) is 6.41. The van der Waals surface area contributed by atoms with Crippen LogP contribution in [0.5, 0.6) is 0 Å². The minimum absolute atomic E-state index is 0.00348. The number of non-ortho nitro benzene ring substituents is 1. The van der Waals surface area contributed by atoms with E-state index in [2.05, 4.69) is 0 Å². The highest BCUT2D eigenvalue weighted by Crippen LogP contribution is 2.42. The van der Waals surface area contributed by atoms with E-state index >= 15 is 0 Å². The molecule has 1 heterocycles. The second kappa shape index (κ2) is 5.64. The van der Waals surface area contributed by atoms with Gasteiger partial charge in [0, 0.05) is 24.2 Å². The lowest BCUT2D eigenvalue weighted by atomic mass is 9.94. The molecule has 0 spiro atoms. The number of fused-ring (bicyclic) bond motifs is 1. The molecule has 3 rings (SSSR count). The zero-order valence-corrected chi connectivity index (χ0v) is 12.8. The number of benzene rings is 1. The SMILES string of the molecule is Cc1cc(C(=O)N2CC3CCCC3C2C(=O)O)cc([N+](=O)[O-])c1. The van der Waals surface area contributed by atoms with E-state index in [0.29, 0.717) is 12.1 Å². The van der Waals surface area contributed by atoms with Crippen molar-refractivity contribution in [2.45, 2.75) is 32.2 Å². The lowest BCUT2D eigenvalue weighted by Gasteiger charge is -2.24. The number of carbonyl (C=O) groups is 2. The molecule has 1 aromatic rings. The quantitative estimate of drug-likeness (QED) is 0.680. The molecular formula is C16H18N2O5. The number of hydrogen-bond acceptors (Lipinski definition) is 4. The number of aliphatic carboxylic acids is 1. The van der Waals surface area contributed by atoms with Gasteiger partial charge in [0.25, 0.3) is 11.6 Å². The van der Waals surface area contributed by atoms with Crippen LogP contribution in [-0.4, -0.2) is 39.4 Å². The Morgan fingerprint density at radius 1 is 1.30 bits per heavy atom. The van der Waals surface area contributed by atoms with Crippen molar-refractivity contribution in [3.05, 3.63) is 39.4 Å². The molecule has 1 aliphatic heterocycles. The zero-order valence-electron chi connectivity index (χ0n) is 12.8. The molecule has 2 aliphatic rings. The fourth-order valence-electron chi connectivity index (χ4n) is 3.99. The maximum absolute atomic E-state index is 12.8. The maximum Gasteiger partial charge on any atom is 0.326 e. The van der Waals surface area contributed by atoms with Gasteiger partial charge in [0.15, 0.2) is 0 Å². The van der Waals surface area contributed by atoms with Crippen LogP contribution in [0.25, 0.3) is 0 Å². The summed E-state index contributed by atoms with van der Waals surface area (Å²) in [5, 5.41) is 20.5. The Kier molecular flexibility index (Phi) is 3.79. The number of hydrogen-bond donors (Lipinski definition) is 1. The van der Waals surface area contributed by atoms with Gasteiger partial charge in [0.2, 0.25) is 0 Å². The summed E-state index contributed by atoms with van der Waals surface area (Å²) in [5.41, 5.74) is 0.636. The lowest BCUT2D eigenvalue weighted by molar-refractivity contribution is -0.384. The fraction of sp³-hybridized carbons (Fsp3) is 0.500. The molecule has 7 nitrogen and oxygen atoms in total. The van der Waals surface area contributed by atoms with Gasteiger partial charge < -0.3 is 10.0 Å². The monoisotopic (exact) mass is 318 g/mol. The molecule has 7 heteroatoms. The van der Waals surface area contributed by atoms with Crippen molar-refractivity contribution in [1.82, 2.24) is 4.90 Å².